The van der Waals surface area contributed by atoms with Gasteiger partial charge < -0.3 is 10.5 Å². The maximum absolute atomic E-state index is 9.31. The molecule has 11 heavy (non-hydrogen) atoms. The number of phenols is 1. The van der Waals surface area contributed by atoms with Gasteiger partial charge in [0.15, 0.2) is 0 Å². The SMILES string of the molecule is CC(=N)c1ccc(P)cc1O. The molecule has 0 spiro atoms. The van der Waals surface area contributed by atoms with Crippen LogP contribution in [0.3, 0.4) is 0 Å². The Labute approximate surface area is 68.0 Å². The van der Waals surface area contributed by atoms with Crippen LogP contribution < -0.4 is 5.30 Å². The van der Waals surface area contributed by atoms with E-state index in [0.29, 0.717) is 11.3 Å². The Morgan fingerprint density at radius 1 is 1.55 bits per heavy atom. The average Bonchev–Trinajstić information content (AvgIpc) is 1.85. The maximum atomic E-state index is 9.31. The summed E-state index contributed by atoms with van der Waals surface area (Å²) in [6.07, 6.45) is 0. The van der Waals surface area contributed by atoms with Gasteiger partial charge in [0.05, 0.1) is 0 Å². The Balaban J connectivity index is 3.20. The third-order valence-electron chi connectivity index (χ3n) is 1.43. The molecule has 0 saturated carbocycles. The number of nitrogens with one attached hydrogen (secondary N) is 1. The van der Waals surface area contributed by atoms with Crippen LogP contribution >= 0.6 is 9.24 Å². The van der Waals surface area contributed by atoms with Crippen LogP contribution in [0.5, 0.6) is 5.75 Å². The molecule has 2 nitrogen and oxygen atoms in total. The van der Waals surface area contributed by atoms with Crippen molar-refractivity contribution in [1.82, 2.24) is 0 Å². The fourth-order valence-electron chi connectivity index (χ4n) is 0.866. The molecule has 1 unspecified atom stereocenters. The fraction of sp³-hybridized carbons (Fsp3) is 0.125. The molecule has 0 bridgehead atoms. The summed E-state index contributed by atoms with van der Waals surface area (Å²) >= 11 is 0. The molecule has 1 atom stereocenters. The zero-order valence-corrected chi connectivity index (χ0v) is 7.41. The molecule has 0 aromatic heterocycles. The van der Waals surface area contributed by atoms with Gasteiger partial charge in [-0.25, -0.2) is 0 Å². The molecule has 1 rings (SSSR count). The largest absolute Gasteiger partial charge is 0.507 e. The Morgan fingerprint density at radius 3 is 2.64 bits per heavy atom. The standard InChI is InChI=1S/C8H10NOP/c1-5(9)7-3-2-6(11)4-8(7)10/h2-4,9-10H,11H2,1H3. The first-order valence-corrected chi connectivity index (χ1v) is 3.83. The molecule has 2 N–H and O–H groups in total. The number of benzene rings is 1. The summed E-state index contributed by atoms with van der Waals surface area (Å²) in [5.41, 5.74) is 0.976. The Morgan fingerprint density at radius 2 is 2.18 bits per heavy atom. The number of rotatable bonds is 1. The van der Waals surface area contributed by atoms with Gasteiger partial charge in [0.2, 0.25) is 0 Å². The summed E-state index contributed by atoms with van der Waals surface area (Å²) in [5, 5.41) is 17.5. The van der Waals surface area contributed by atoms with Gasteiger partial charge in [-0.3, -0.25) is 0 Å². The van der Waals surface area contributed by atoms with Crippen molar-refractivity contribution in [3.63, 3.8) is 0 Å². The third-order valence-corrected chi connectivity index (χ3v) is 1.78. The lowest BCUT2D eigenvalue weighted by Crippen LogP contribution is -1.96. The van der Waals surface area contributed by atoms with E-state index in [9.17, 15) is 5.11 Å². The number of phenolic OH excluding ortho intramolecular Hbond substituents is 1. The minimum atomic E-state index is 0.171. The van der Waals surface area contributed by atoms with E-state index in [2.05, 4.69) is 9.24 Å². The smallest absolute Gasteiger partial charge is 0.125 e. The highest BCUT2D eigenvalue weighted by Crippen LogP contribution is 2.15. The van der Waals surface area contributed by atoms with Crippen LogP contribution in [0.2, 0.25) is 0 Å². The molecular formula is C8H10NOP. The van der Waals surface area contributed by atoms with Crippen molar-refractivity contribution < 1.29 is 5.11 Å². The molecule has 0 aliphatic heterocycles. The quantitative estimate of drug-likeness (QED) is 0.480. The molecule has 0 fully saturated rings. The van der Waals surface area contributed by atoms with Crippen LogP contribution in [-0.4, -0.2) is 10.8 Å². The van der Waals surface area contributed by atoms with Gasteiger partial charge in [-0.05, 0) is 24.4 Å². The average molecular weight is 167 g/mol. The van der Waals surface area contributed by atoms with Crippen molar-refractivity contribution in [3.05, 3.63) is 23.8 Å². The second-order valence-electron chi connectivity index (χ2n) is 2.40. The number of hydrogen-bond acceptors (Lipinski definition) is 2. The zero-order chi connectivity index (χ0) is 8.43. The van der Waals surface area contributed by atoms with Crippen molar-refractivity contribution in [2.24, 2.45) is 0 Å². The lowest BCUT2D eigenvalue weighted by atomic mass is 10.1. The van der Waals surface area contributed by atoms with E-state index in [1.165, 1.54) is 0 Å². The summed E-state index contributed by atoms with van der Waals surface area (Å²) in [4.78, 5) is 0. The van der Waals surface area contributed by atoms with E-state index >= 15 is 0 Å². The maximum Gasteiger partial charge on any atom is 0.125 e. The molecule has 1 aromatic carbocycles. The second-order valence-corrected chi connectivity index (χ2v) is 3.07. The molecule has 3 heteroatoms. The molecule has 0 aliphatic rings. The highest BCUT2D eigenvalue weighted by Gasteiger charge is 2.01. The molecular weight excluding hydrogens is 157 g/mol. The van der Waals surface area contributed by atoms with Gasteiger partial charge in [0, 0.05) is 11.3 Å². The van der Waals surface area contributed by atoms with Gasteiger partial charge in [0.25, 0.3) is 0 Å². The minimum Gasteiger partial charge on any atom is -0.507 e. The lowest BCUT2D eigenvalue weighted by Gasteiger charge is -2.01. The molecule has 0 saturated heterocycles. The Bertz CT molecular complexity index is 296. The second kappa shape index (κ2) is 3.02. The van der Waals surface area contributed by atoms with Gasteiger partial charge >= 0.3 is 0 Å². The molecule has 0 radical (unpaired) electrons. The Kier molecular flexibility index (Phi) is 2.25. The predicted octanol–water partition coefficient (Wildman–Crippen LogP) is 1.28. The molecule has 0 heterocycles. The zero-order valence-electron chi connectivity index (χ0n) is 6.26. The fourth-order valence-corrected chi connectivity index (χ4v) is 1.12. The molecule has 0 aliphatic carbocycles. The van der Waals surface area contributed by atoms with Crippen LogP contribution in [0.25, 0.3) is 0 Å². The van der Waals surface area contributed by atoms with E-state index in [-0.39, 0.29) is 5.75 Å². The van der Waals surface area contributed by atoms with Gasteiger partial charge in [-0.15, -0.1) is 9.24 Å². The summed E-state index contributed by atoms with van der Waals surface area (Å²) < 4.78 is 0. The summed E-state index contributed by atoms with van der Waals surface area (Å²) in [6.45, 7) is 1.65. The monoisotopic (exact) mass is 167 g/mol. The van der Waals surface area contributed by atoms with E-state index in [4.69, 9.17) is 5.41 Å². The molecule has 1 aromatic rings. The van der Waals surface area contributed by atoms with E-state index < -0.39 is 0 Å². The van der Waals surface area contributed by atoms with Gasteiger partial charge in [-0.1, -0.05) is 6.07 Å². The predicted molar refractivity (Wildman–Crippen MR) is 50.0 cm³/mol. The Hall–Kier alpha value is -0.880. The highest BCUT2D eigenvalue weighted by atomic mass is 31.0. The third kappa shape index (κ3) is 1.78. The number of aromatic hydroxyl groups is 1. The first-order valence-electron chi connectivity index (χ1n) is 3.25. The van der Waals surface area contributed by atoms with Crippen LogP contribution in [-0.2, 0) is 0 Å². The number of hydrogen-bond donors (Lipinski definition) is 2. The summed E-state index contributed by atoms with van der Waals surface area (Å²) in [5.74, 6) is 0.171. The first kappa shape index (κ1) is 8.22. The van der Waals surface area contributed by atoms with Crippen LogP contribution in [0.4, 0.5) is 0 Å². The minimum absolute atomic E-state index is 0.171. The lowest BCUT2D eigenvalue weighted by molar-refractivity contribution is 0.474. The molecule has 58 valence electrons. The normalized spacial score (nSPS) is 9.64. The van der Waals surface area contributed by atoms with Gasteiger partial charge in [0.1, 0.15) is 5.75 Å². The van der Waals surface area contributed by atoms with Crippen molar-refractivity contribution in [1.29, 1.82) is 5.41 Å². The van der Waals surface area contributed by atoms with Crippen molar-refractivity contribution in [3.8, 4) is 5.75 Å². The van der Waals surface area contributed by atoms with Crippen LogP contribution in [0, 0.1) is 5.41 Å². The van der Waals surface area contributed by atoms with Crippen molar-refractivity contribution in [2.45, 2.75) is 6.92 Å². The topological polar surface area (TPSA) is 44.1 Å². The van der Waals surface area contributed by atoms with Gasteiger partial charge in [-0.2, -0.15) is 0 Å². The first-order chi connectivity index (χ1) is 5.11. The van der Waals surface area contributed by atoms with E-state index in [1.807, 2.05) is 6.07 Å². The van der Waals surface area contributed by atoms with Crippen molar-refractivity contribution >= 4 is 20.3 Å². The van der Waals surface area contributed by atoms with E-state index in [1.54, 1.807) is 19.1 Å². The van der Waals surface area contributed by atoms with E-state index in [0.717, 1.165) is 5.30 Å². The summed E-state index contributed by atoms with van der Waals surface area (Å²) in [6, 6.07) is 5.20. The molecule has 0 amide bonds. The van der Waals surface area contributed by atoms with Crippen molar-refractivity contribution in [2.75, 3.05) is 0 Å². The van der Waals surface area contributed by atoms with Crippen LogP contribution in [0.1, 0.15) is 12.5 Å². The highest BCUT2D eigenvalue weighted by molar-refractivity contribution is 7.27. The summed E-state index contributed by atoms with van der Waals surface area (Å²) in [7, 11) is 2.49. The van der Waals surface area contributed by atoms with Crippen LogP contribution in [0.15, 0.2) is 18.2 Å².